The molecule has 2 aromatic rings. The van der Waals surface area contributed by atoms with Gasteiger partial charge < -0.3 is 5.73 Å². The second-order valence-corrected chi connectivity index (χ2v) is 5.17. The first-order valence-corrected chi connectivity index (χ1v) is 6.35. The molecule has 2 rings (SSSR count). The maximum atomic E-state index is 13.3. The van der Waals surface area contributed by atoms with E-state index in [-0.39, 0.29) is 5.82 Å². The minimum absolute atomic E-state index is 0.215. The summed E-state index contributed by atoms with van der Waals surface area (Å²) in [6.45, 7) is 4.47. The molecule has 17 heavy (non-hydrogen) atoms. The zero-order valence-corrected chi connectivity index (χ0v) is 10.8. The molecule has 0 saturated carbocycles. The van der Waals surface area contributed by atoms with Crippen molar-refractivity contribution in [3.8, 4) is 10.6 Å². The van der Waals surface area contributed by atoms with Gasteiger partial charge in [-0.2, -0.15) is 0 Å². The van der Waals surface area contributed by atoms with Gasteiger partial charge in [-0.05, 0) is 50.6 Å². The summed E-state index contributed by atoms with van der Waals surface area (Å²) < 4.78 is 13.3. The van der Waals surface area contributed by atoms with Crippen LogP contribution in [0.3, 0.4) is 0 Å². The molecule has 4 heteroatoms. The lowest BCUT2D eigenvalue weighted by Gasteiger charge is -1.99. The van der Waals surface area contributed by atoms with Crippen molar-refractivity contribution in [3.05, 3.63) is 40.2 Å². The monoisotopic (exact) mass is 250 g/mol. The number of benzene rings is 1. The van der Waals surface area contributed by atoms with Gasteiger partial charge in [-0.1, -0.05) is 0 Å². The first-order valence-electron chi connectivity index (χ1n) is 5.54. The van der Waals surface area contributed by atoms with Crippen molar-refractivity contribution in [1.82, 2.24) is 4.98 Å². The lowest BCUT2D eigenvalue weighted by Crippen LogP contribution is -2.01. The smallest absolute Gasteiger partial charge is 0.124 e. The van der Waals surface area contributed by atoms with Gasteiger partial charge in [0.25, 0.3) is 0 Å². The molecule has 1 aromatic heterocycles. The molecule has 0 aliphatic heterocycles. The highest BCUT2D eigenvalue weighted by Gasteiger charge is 2.10. The number of rotatable bonds is 3. The van der Waals surface area contributed by atoms with Crippen LogP contribution in [0.25, 0.3) is 10.6 Å². The number of nitrogens with two attached hydrogens (primary N) is 1. The van der Waals surface area contributed by atoms with Crippen LogP contribution in [0.5, 0.6) is 0 Å². The number of halogens is 1. The van der Waals surface area contributed by atoms with Crippen LogP contribution in [-0.2, 0) is 6.42 Å². The zero-order valence-electron chi connectivity index (χ0n) is 9.96. The Balaban J connectivity index is 2.42. The summed E-state index contributed by atoms with van der Waals surface area (Å²) >= 11 is 1.60. The largest absolute Gasteiger partial charge is 0.330 e. The molecule has 0 fully saturated rings. The van der Waals surface area contributed by atoms with Gasteiger partial charge in [0.2, 0.25) is 0 Å². The number of hydrogen-bond acceptors (Lipinski definition) is 3. The van der Waals surface area contributed by atoms with Crippen molar-refractivity contribution in [3.63, 3.8) is 0 Å². The Morgan fingerprint density at radius 3 is 2.71 bits per heavy atom. The standard InChI is InChI=1S/C13H15FN2S/c1-8-5-10(7-11(14)6-8)13-16-9(2)12(17-13)3-4-15/h5-7H,3-4,15H2,1-2H3. The predicted octanol–water partition coefficient (Wildman–Crippen LogP) is 3.07. The molecular formula is C13H15FN2S. The molecule has 2 N–H and O–H groups in total. The minimum Gasteiger partial charge on any atom is -0.330 e. The first-order chi connectivity index (χ1) is 8.10. The van der Waals surface area contributed by atoms with Crippen molar-refractivity contribution in [2.45, 2.75) is 20.3 Å². The second-order valence-electron chi connectivity index (χ2n) is 4.08. The Morgan fingerprint density at radius 2 is 2.06 bits per heavy atom. The third kappa shape index (κ3) is 2.70. The predicted molar refractivity (Wildman–Crippen MR) is 69.7 cm³/mol. The quantitative estimate of drug-likeness (QED) is 0.909. The van der Waals surface area contributed by atoms with E-state index in [0.29, 0.717) is 6.54 Å². The lowest BCUT2D eigenvalue weighted by molar-refractivity contribution is 0.627. The van der Waals surface area contributed by atoms with E-state index in [4.69, 9.17) is 5.73 Å². The Kier molecular flexibility index (Phi) is 3.54. The van der Waals surface area contributed by atoms with Crippen LogP contribution < -0.4 is 5.73 Å². The Hall–Kier alpha value is -1.26. The fourth-order valence-electron chi connectivity index (χ4n) is 1.77. The fourth-order valence-corrected chi connectivity index (χ4v) is 2.84. The number of hydrogen-bond donors (Lipinski definition) is 1. The van der Waals surface area contributed by atoms with Crippen LogP contribution in [0.15, 0.2) is 18.2 Å². The van der Waals surface area contributed by atoms with Crippen LogP contribution in [0.1, 0.15) is 16.1 Å². The summed E-state index contributed by atoms with van der Waals surface area (Å²) in [5.74, 6) is -0.215. The Labute approximate surface area is 104 Å². The molecule has 0 saturated heterocycles. The topological polar surface area (TPSA) is 38.9 Å². The van der Waals surface area contributed by atoms with Crippen molar-refractivity contribution < 1.29 is 4.39 Å². The number of aryl methyl sites for hydroxylation is 2. The first kappa shape index (κ1) is 12.2. The van der Waals surface area contributed by atoms with E-state index in [0.717, 1.165) is 28.2 Å². The lowest BCUT2D eigenvalue weighted by atomic mass is 10.1. The molecule has 0 bridgehead atoms. The number of thiazole rings is 1. The summed E-state index contributed by atoms with van der Waals surface area (Å²) in [4.78, 5) is 5.66. The van der Waals surface area contributed by atoms with Gasteiger partial charge in [-0.3, -0.25) is 0 Å². The molecule has 0 amide bonds. The SMILES string of the molecule is Cc1cc(F)cc(-c2nc(C)c(CCN)s2)c1. The Bertz CT molecular complexity index is 514. The molecule has 0 spiro atoms. The molecule has 0 aliphatic carbocycles. The van der Waals surface area contributed by atoms with E-state index < -0.39 is 0 Å². The zero-order chi connectivity index (χ0) is 12.4. The average Bonchev–Trinajstić information content (AvgIpc) is 2.60. The van der Waals surface area contributed by atoms with E-state index in [1.807, 2.05) is 19.9 Å². The highest BCUT2D eigenvalue weighted by Crippen LogP contribution is 2.29. The van der Waals surface area contributed by atoms with Crippen LogP contribution in [-0.4, -0.2) is 11.5 Å². The molecule has 0 radical (unpaired) electrons. The fraction of sp³-hybridized carbons (Fsp3) is 0.308. The van der Waals surface area contributed by atoms with Gasteiger partial charge in [0.05, 0.1) is 5.69 Å². The van der Waals surface area contributed by atoms with E-state index in [1.54, 1.807) is 11.3 Å². The van der Waals surface area contributed by atoms with Crippen LogP contribution in [0.4, 0.5) is 4.39 Å². The summed E-state index contributed by atoms with van der Waals surface area (Å²) in [5.41, 5.74) is 8.30. The van der Waals surface area contributed by atoms with E-state index in [1.165, 1.54) is 17.0 Å². The van der Waals surface area contributed by atoms with Gasteiger partial charge in [-0.15, -0.1) is 11.3 Å². The third-order valence-electron chi connectivity index (χ3n) is 2.55. The summed E-state index contributed by atoms with van der Waals surface area (Å²) in [6, 6.07) is 5.00. The molecule has 90 valence electrons. The van der Waals surface area contributed by atoms with Gasteiger partial charge in [0, 0.05) is 10.4 Å². The Morgan fingerprint density at radius 1 is 1.29 bits per heavy atom. The maximum Gasteiger partial charge on any atom is 0.124 e. The van der Waals surface area contributed by atoms with Crippen molar-refractivity contribution in [1.29, 1.82) is 0 Å². The highest BCUT2D eigenvalue weighted by atomic mass is 32.1. The average molecular weight is 250 g/mol. The van der Waals surface area contributed by atoms with Gasteiger partial charge in [0.15, 0.2) is 0 Å². The highest BCUT2D eigenvalue weighted by molar-refractivity contribution is 7.15. The van der Waals surface area contributed by atoms with E-state index in [2.05, 4.69) is 4.98 Å². The number of aromatic nitrogens is 1. The molecule has 1 heterocycles. The second kappa shape index (κ2) is 4.94. The third-order valence-corrected chi connectivity index (χ3v) is 3.82. The van der Waals surface area contributed by atoms with Gasteiger partial charge >= 0.3 is 0 Å². The van der Waals surface area contributed by atoms with Gasteiger partial charge in [0.1, 0.15) is 10.8 Å². The summed E-state index contributed by atoms with van der Waals surface area (Å²) in [5, 5.41) is 0.869. The molecule has 0 unspecified atom stereocenters. The van der Waals surface area contributed by atoms with Gasteiger partial charge in [-0.25, -0.2) is 9.37 Å². The van der Waals surface area contributed by atoms with Crippen molar-refractivity contribution in [2.75, 3.05) is 6.54 Å². The molecule has 0 aliphatic rings. The minimum atomic E-state index is -0.215. The van der Waals surface area contributed by atoms with Crippen LogP contribution in [0.2, 0.25) is 0 Å². The van der Waals surface area contributed by atoms with Crippen LogP contribution >= 0.6 is 11.3 Å². The maximum absolute atomic E-state index is 13.3. The molecular weight excluding hydrogens is 235 g/mol. The summed E-state index contributed by atoms with van der Waals surface area (Å²) in [7, 11) is 0. The number of nitrogens with zero attached hydrogens (tertiary/aromatic N) is 1. The van der Waals surface area contributed by atoms with E-state index in [9.17, 15) is 4.39 Å². The molecule has 1 aromatic carbocycles. The van der Waals surface area contributed by atoms with Crippen LogP contribution in [0, 0.1) is 19.7 Å². The van der Waals surface area contributed by atoms with Crippen molar-refractivity contribution >= 4 is 11.3 Å². The normalized spacial score (nSPS) is 10.8. The summed E-state index contributed by atoms with van der Waals surface area (Å²) in [6.07, 6.45) is 0.831. The van der Waals surface area contributed by atoms with E-state index >= 15 is 0 Å². The molecule has 2 nitrogen and oxygen atoms in total. The van der Waals surface area contributed by atoms with Crippen molar-refractivity contribution in [2.24, 2.45) is 5.73 Å². The molecule has 0 atom stereocenters.